The maximum atomic E-state index is 12.1. The zero-order valence-electron chi connectivity index (χ0n) is 11.6. The number of hydrogen-bond acceptors (Lipinski definition) is 5. The lowest BCUT2D eigenvalue weighted by atomic mass is 10.1. The van der Waals surface area contributed by atoms with E-state index in [4.69, 9.17) is 10.5 Å². The molecule has 0 unspecified atom stereocenters. The number of rotatable bonds is 6. The van der Waals surface area contributed by atoms with E-state index in [2.05, 4.69) is 4.90 Å². The van der Waals surface area contributed by atoms with Gasteiger partial charge >= 0.3 is 0 Å². The Morgan fingerprint density at radius 3 is 2.30 bits per heavy atom. The molecule has 5 nitrogen and oxygen atoms in total. The van der Waals surface area contributed by atoms with Crippen molar-refractivity contribution < 1.29 is 13.2 Å². The van der Waals surface area contributed by atoms with Gasteiger partial charge in [-0.1, -0.05) is 24.3 Å². The van der Waals surface area contributed by atoms with Gasteiger partial charge in [0.25, 0.3) is 0 Å². The summed E-state index contributed by atoms with van der Waals surface area (Å²) in [5.41, 5.74) is 7.36. The summed E-state index contributed by atoms with van der Waals surface area (Å²) < 4.78 is 29.5. The summed E-state index contributed by atoms with van der Waals surface area (Å²) in [6.07, 6.45) is 0. The molecule has 0 aliphatic carbocycles. The summed E-state index contributed by atoms with van der Waals surface area (Å²) in [5.74, 6) is 0.299. The maximum absolute atomic E-state index is 12.1. The Morgan fingerprint density at radius 1 is 1.10 bits per heavy atom. The van der Waals surface area contributed by atoms with Crippen LogP contribution in [-0.2, 0) is 26.9 Å². The molecule has 112 valence electrons. The van der Waals surface area contributed by atoms with Crippen molar-refractivity contribution in [3.05, 3.63) is 35.4 Å². The Balaban J connectivity index is 1.85. The van der Waals surface area contributed by atoms with Gasteiger partial charge in [0.2, 0.25) is 0 Å². The van der Waals surface area contributed by atoms with Gasteiger partial charge in [-0.15, -0.1) is 0 Å². The second-order valence-corrected chi connectivity index (χ2v) is 7.25. The molecule has 1 aliphatic heterocycles. The fraction of sp³-hybridized carbons (Fsp3) is 0.571. The highest BCUT2D eigenvalue weighted by Gasteiger charge is 2.16. The first kappa shape index (κ1) is 15.4. The topological polar surface area (TPSA) is 72.6 Å². The average molecular weight is 298 g/mol. The van der Waals surface area contributed by atoms with Crippen LogP contribution in [0.3, 0.4) is 0 Å². The highest BCUT2D eigenvalue weighted by atomic mass is 32.2. The van der Waals surface area contributed by atoms with Crippen LogP contribution in [0.25, 0.3) is 0 Å². The minimum absolute atomic E-state index is 0.0994. The molecule has 0 saturated carbocycles. The lowest BCUT2D eigenvalue weighted by molar-refractivity contribution is 0.0408. The van der Waals surface area contributed by atoms with E-state index >= 15 is 0 Å². The first-order valence-corrected chi connectivity index (χ1v) is 8.69. The molecule has 0 bridgehead atoms. The molecule has 0 atom stereocenters. The molecular formula is C14H22N2O3S. The Labute approximate surface area is 120 Å². The Kier molecular flexibility index (Phi) is 5.54. The van der Waals surface area contributed by atoms with Gasteiger partial charge in [0.1, 0.15) is 0 Å². The van der Waals surface area contributed by atoms with Crippen molar-refractivity contribution in [1.29, 1.82) is 0 Å². The highest BCUT2D eigenvalue weighted by Crippen LogP contribution is 2.09. The van der Waals surface area contributed by atoms with Crippen molar-refractivity contribution in [1.82, 2.24) is 4.90 Å². The lowest BCUT2D eigenvalue weighted by Crippen LogP contribution is -2.39. The number of hydrogen-bond donors (Lipinski definition) is 1. The van der Waals surface area contributed by atoms with Crippen LogP contribution in [0.15, 0.2) is 24.3 Å². The van der Waals surface area contributed by atoms with Gasteiger partial charge in [-0.05, 0) is 11.1 Å². The first-order valence-electron chi connectivity index (χ1n) is 6.87. The fourth-order valence-corrected chi connectivity index (χ4v) is 3.57. The largest absolute Gasteiger partial charge is 0.379 e. The molecule has 0 radical (unpaired) electrons. The van der Waals surface area contributed by atoms with Crippen LogP contribution in [0.5, 0.6) is 0 Å². The van der Waals surface area contributed by atoms with E-state index in [1.165, 1.54) is 0 Å². The van der Waals surface area contributed by atoms with E-state index in [1.807, 2.05) is 24.3 Å². The van der Waals surface area contributed by atoms with Gasteiger partial charge in [0.15, 0.2) is 9.84 Å². The van der Waals surface area contributed by atoms with Gasteiger partial charge < -0.3 is 10.5 Å². The third-order valence-corrected chi connectivity index (χ3v) is 5.05. The van der Waals surface area contributed by atoms with Gasteiger partial charge in [0.05, 0.1) is 24.7 Å². The predicted molar refractivity (Wildman–Crippen MR) is 79.1 cm³/mol. The van der Waals surface area contributed by atoms with Crippen LogP contribution in [0.2, 0.25) is 0 Å². The minimum Gasteiger partial charge on any atom is -0.379 e. The predicted octanol–water partition coefficient (Wildman–Crippen LogP) is 0.392. The second-order valence-electron chi connectivity index (χ2n) is 5.07. The molecule has 2 rings (SSSR count). The third-order valence-electron chi connectivity index (χ3n) is 3.47. The number of benzene rings is 1. The highest BCUT2D eigenvalue weighted by molar-refractivity contribution is 7.90. The molecule has 1 aliphatic rings. The number of nitrogens with zero attached hydrogens (tertiary/aromatic N) is 1. The molecule has 6 heteroatoms. The first-order chi connectivity index (χ1) is 9.59. The van der Waals surface area contributed by atoms with Crippen molar-refractivity contribution in [3.63, 3.8) is 0 Å². The normalized spacial score (nSPS) is 17.2. The van der Waals surface area contributed by atoms with E-state index in [1.54, 1.807) is 0 Å². The summed E-state index contributed by atoms with van der Waals surface area (Å²) in [6.45, 7) is 4.10. The SMILES string of the molecule is NCc1ccc(CS(=O)(=O)CCN2CCOCC2)cc1. The third kappa shape index (κ3) is 4.86. The van der Waals surface area contributed by atoms with Crippen LogP contribution < -0.4 is 5.73 Å². The standard InChI is InChI=1S/C14H22N2O3S/c15-11-13-1-3-14(4-2-13)12-20(17,18)10-7-16-5-8-19-9-6-16/h1-4H,5-12,15H2. The van der Waals surface area contributed by atoms with Crippen molar-refractivity contribution in [2.75, 3.05) is 38.6 Å². The molecule has 1 aromatic rings. The minimum atomic E-state index is -3.07. The fourth-order valence-electron chi connectivity index (χ4n) is 2.19. The monoisotopic (exact) mass is 298 g/mol. The zero-order chi connectivity index (χ0) is 14.4. The molecule has 1 heterocycles. The lowest BCUT2D eigenvalue weighted by Gasteiger charge is -2.26. The van der Waals surface area contributed by atoms with Gasteiger partial charge in [-0.2, -0.15) is 0 Å². The molecular weight excluding hydrogens is 276 g/mol. The molecule has 1 aromatic carbocycles. The van der Waals surface area contributed by atoms with Crippen LogP contribution in [0.1, 0.15) is 11.1 Å². The van der Waals surface area contributed by atoms with Crippen LogP contribution >= 0.6 is 0 Å². The van der Waals surface area contributed by atoms with Crippen LogP contribution in [-0.4, -0.2) is 51.9 Å². The summed E-state index contributed by atoms with van der Waals surface area (Å²) in [4.78, 5) is 2.14. The van der Waals surface area contributed by atoms with Crippen molar-refractivity contribution in [3.8, 4) is 0 Å². The van der Waals surface area contributed by atoms with E-state index in [9.17, 15) is 8.42 Å². The second kappa shape index (κ2) is 7.17. The molecule has 20 heavy (non-hydrogen) atoms. The van der Waals surface area contributed by atoms with E-state index in [0.29, 0.717) is 26.3 Å². The van der Waals surface area contributed by atoms with Crippen molar-refractivity contribution in [2.45, 2.75) is 12.3 Å². The number of sulfone groups is 1. The summed E-state index contributed by atoms with van der Waals surface area (Å²) in [5, 5.41) is 0. The Bertz CT molecular complexity index is 508. The zero-order valence-corrected chi connectivity index (χ0v) is 12.4. The van der Waals surface area contributed by atoms with Crippen LogP contribution in [0, 0.1) is 0 Å². The van der Waals surface area contributed by atoms with E-state index < -0.39 is 9.84 Å². The van der Waals surface area contributed by atoms with E-state index in [-0.39, 0.29) is 11.5 Å². The van der Waals surface area contributed by atoms with E-state index in [0.717, 1.165) is 24.2 Å². The maximum Gasteiger partial charge on any atom is 0.155 e. The van der Waals surface area contributed by atoms with Gasteiger partial charge in [-0.3, -0.25) is 4.90 Å². The number of morpholine rings is 1. The van der Waals surface area contributed by atoms with Gasteiger partial charge in [-0.25, -0.2) is 8.42 Å². The molecule has 2 N–H and O–H groups in total. The smallest absolute Gasteiger partial charge is 0.155 e. The molecule has 0 spiro atoms. The van der Waals surface area contributed by atoms with Gasteiger partial charge in [0, 0.05) is 26.2 Å². The molecule has 0 aromatic heterocycles. The summed E-state index contributed by atoms with van der Waals surface area (Å²) in [7, 11) is -3.07. The number of nitrogens with two attached hydrogens (primary N) is 1. The summed E-state index contributed by atoms with van der Waals surface area (Å²) in [6, 6.07) is 7.45. The van der Waals surface area contributed by atoms with Crippen molar-refractivity contribution in [2.24, 2.45) is 5.73 Å². The molecule has 0 amide bonds. The quantitative estimate of drug-likeness (QED) is 0.822. The average Bonchev–Trinajstić information content (AvgIpc) is 2.47. The molecule has 1 saturated heterocycles. The van der Waals surface area contributed by atoms with Crippen LogP contribution in [0.4, 0.5) is 0 Å². The number of ether oxygens (including phenoxy) is 1. The summed E-state index contributed by atoms with van der Waals surface area (Å²) >= 11 is 0. The van der Waals surface area contributed by atoms with Crippen molar-refractivity contribution >= 4 is 9.84 Å². The Morgan fingerprint density at radius 2 is 1.70 bits per heavy atom. The molecule has 1 fully saturated rings. The Hall–Kier alpha value is -0.950.